The van der Waals surface area contributed by atoms with Crippen LogP contribution in [0.4, 0.5) is 14.5 Å². The maximum atomic E-state index is 13.5. The van der Waals surface area contributed by atoms with Crippen molar-refractivity contribution in [3.63, 3.8) is 0 Å². The van der Waals surface area contributed by atoms with Crippen molar-refractivity contribution < 1.29 is 18.3 Å². The van der Waals surface area contributed by atoms with E-state index in [1.165, 1.54) is 37.5 Å². The lowest BCUT2D eigenvalue weighted by atomic mass is 9.84. The highest BCUT2D eigenvalue weighted by molar-refractivity contribution is 5.94. The summed E-state index contributed by atoms with van der Waals surface area (Å²) in [5.74, 6) is -2.84. The van der Waals surface area contributed by atoms with E-state index in [4.69, 9.17) is 10.5 Å². The van der Waals surface area contributed by atoms with Crippen LogP contribution in [0.3, 0.4) is 0 Å². The molecule has 1 fully saturated rings. The standard InChI is InChI=1S/C21H32F2N2O2/c1-14(2)27-19(18(24)12-15-8-5-4-6-9-15)20(26)25-17-11-7-10-16(13-17)21(3,22)23/h7,10-11,13-15,18-19H,4-6,8-9,12,24H2,1-3H3,(H,25,26)/t18-,19?/m1/s1. The van der Waals surface area contributed by atoms with Gasteiger partial charge in [0.15, 0.2) is 6.10 Å². The maximum Gasteiger partial charge on any atom is 0.270 e. The fraction of sp³-hybridized carbons (Fsp3) is 0.667. The summed E-state index contributed by atoms with van der Waals surface area (Å²) in [6.07, 6.45) is 5.71. The molecule has 1 amide bonds. The van der Waals surface area contributed by atoms with Gasteiger partial charge in [-0.3, -0.25) is 4.79 Å². The van der Waals surface area contributed by atoms with Gasteiger partial charge in [0.2, 0.25) is 0 Å². The number of hydrogen-bond acceptors (Lipinski definition) is 3. The normalized spacial score (nSPS) is 18.3. The molecule has 0 radical (unpaired) electrons. The zero-order chi connectivity index (χ0) is 20.0. The van der Waals surface area contributed by atoms with E-state index in [0.717, 1.165) is 26.2 Å². The average Bonchev–Trinajstić information content (AvgIpc) is 2.59. The van der Waals surface area contributed by atoms with Gasteiger partial charge in [0.25, 0.3) is 11.8 Å². The third-order valence-corrected chi connectivity index (χ3v) is 5.03. The first-order valence-corrected chi connectivity index (χ1v) is 9.87. The Balaban J connectivity index is 2.07. The summed E-state index contributed by atoms with van der Waals surface area (Å²) < 4.78 is 32.9. The van der Waals surface area contributed by atoms with Crippen LogP contribution in [-0.4, -0.2) is 24.2 Å². The molecule has 1 aliphatic carbocycles. The Morgan fingerprint density at radius 1 is 1.30 bits per heavy atom. The quantitative estimate of drug-likeness (QED) is 0.677. The Morgan fingerprint density at radius 2 is 1.96 bits per heavy atom. The molecule has 152 valence electrons. The largest absolute Gasteiger partial charge is 0.364 e. The van der Waals surface area contributed by atoms with E-state index in [9.17, 15) is 13.6 Å². The zero-order valence-corrected chi connectivity index (χ0v) is 16.5. The number of amides is 1. The molecule has 0 saturated heterocycles. The summed E-state index contributed by atoms with van der Waals surface area (Å²) in [7, 11) is 0. The predicted molar refractivity (Wildman–Crippen MR) is 104 cm³/mol. The van der Waals surface area contributed by atoms with Crippen LogP contribution in [0.1, 0.15) is 64.9 Å². The maximum absolute atomic E-state index is 13.5. The SMILES string of the molecule is CC(C)OC(C(=O)Nc1cccc(C(C)(F)F)c1)[C@H](N)CC1CCCCC1. The molecule has 27 heavy (non-hydrogen) atoms. The smallest absolute Gasteiger partial charge is 0.270 e. The molecule has 2 atom stereocenters. The topological polar surface area (TPSA) is 64.3 Å². The Hall–Kier alpha value is -1.53. The van der Waals surface area contributed by atoms with Gasteiger partial charge in [0, 0.05) is 24.2 Å². The lowest BCUT2D eigenvalue weighted by molar-refractivity contribution is -0.132. The number of carbonyl (C=O) groups excluding carboxylic acids is 1. The number of halogens is 2. The van der Waals surface area contributed by atoms with E-state index in [1.54, 1.807) is 6.07 Å². The summed E-state index contributed by atoms with van der Waals surface area (Å²) in [4.78, 5) is 12.8. The number of hydrogen-bond donors (Lipinski definition) is 2. The van der Waals surface area contributed by atoms with Crippen molar-refractivity contribution in [3.8, 4) is 0 Å². The molecule has 0 heterocycles. The van der Waals surface area contributed by atoms with Crippen LogP contribution in [0, 0.1) is 5.92 Å². The van der Waals surface area contributed by atoms with E-state index in [0.29, 0.717) is 11.6 Å². The fourth-order valence-corrected chi connectivity index (χ4v) is 3.67. The van der Waals surface area contributed by atoms with Crippen LogP contribution in [0.2, 0.25) is 0 Å². The molecule has 1 aromatic rings. The number of benzene rings is 1. The van der Waals surface area contributed by atoms with Crippen molar-refractivity contribution in [3.05, 3.63) is 29.8 Å². The highest BCUT2D eigenvalue weighted by Gasteiger charge is 2.31. The third kappa shape index (κ3) is 6.85. The van der Waals surface area contributed by atoms with E-state index in [2.05, 4.69) is 5.32 Å². The second-order valence-corrected chi connectivity index (χ2v) is 7.97. The number of carbonyl (C=O) groups is 1. The summed E-state index contributed by atoms with van der Waals surface area (Å²) in [5.41, 5.74) is 6.52. The van der Waals surface area contributed by atoms with Gasteiger partial charge >= 0.3 is 0 Å². The lowest BCUT2D eigenvalue weighted by Gasteiger charge is -2.30. The molecule has 0 aromatic heterocycles. The van der Waals surface area contributed by atoms with Crippen molar-refractivity contribution in [1.82, 2.24) is 0 Å². The highest BCUT2D eigenvalue weighted by Crippen LogP contribution is 2.30. The first-order valence-electron chi connectivity index (χ1n) is 9.87. The van der Waals surface area contributed by atoms with Crippen molar-refractivity contribution in [2.24, 2.45) is 11.7 Å². The van der Waals surface area contributed by atoms with Crippen molar-refractivity contribution in [2.75, 3.05) is 5.32 Å². The molecule has 1 aromatic carbocycles. The van der Waals surface area contributed by atoms with Crippen molar-refractivity contribution in [1.29, 1.82) is 0 Å². The Labute approximate surface area is 160 Å². The second kappa shape index (κ2) is 9.60. The summed E-state index contributed by atoms with van der Waals surface area (Å²) in [6, 6.07) is 5.30. The van der Waals surface area contributed by atoms with E-state index in [-0.39, 0.29) is 17.6 Å². The minimum atomic E-state index is -2.97. The summed E-state index contributed by atoms with van der Waals surface area (Å²) >= 11 is 0. The van der Waals surface area contributed by atoms with Crippen LogP contribution in [0.5, 0.6) is 0 Å². The summed E-state index contributed by atoms with van der Waals surface area (Å²) in [6.45, 7) is 4.54. The Morgan fingerprint density at radius 3 is 2.56 bits per heavy atom. The third-order valence-electron chi connectivity index (χ3n) is 5.03. The monoisotopic (exact) mass is 382 g/mol. The molecule has 0 bridgehead atoms. The number of nitrogens with one attached hydrogen (secondary N) is 1. The Kier molecular flexibility index (Phi) is 7.74. The molecule has 1 unspecified atom stereocenters. The number of anilines is 1. The number of rotatable bonds is 8. The van der Waals surface area contributed by atoms with Gasteiger partial charge in [-0.2, -0.15) is 0 Å². The predicted octanol–water partition coefficient (Wildman–Crippen LogP) is 4.83. The molecular weight excluding hydrogens is 350 g/mol. The van der Waals surface area contributed by atoms with Gasteiger partial charge in [-0.1, -0.05) is 44.2 Å². The molecular formula is C21H32F2N2O2. The molecule has 1 saturated carbocycles. The molecule has 6 heteroatoms. The van der Waals surface area contributed by atoms with Crippen LogP contribution in [0.25, 0.3) is 0 Å². The van der Waals surface area contributed by atoms with Gasteiger partial charge in [-0.15, -0.1) is 0 Å². The molecule has 0 spiro atoms. The second-order valence-electron chi connectivity index (χ2n) is 7.97. The van der Waals surface area contributed by atoms with Gasteiger partial charge < -0.3 is 15.8 Å². The molecule has 2 rings (SSSR count). The number of nitrogens with two attached hydrogens (primary N) is 1. The average molecular weight is 382 g/mol. The molecule has 4 nitrogen and oxygen atoms in total. The molecule has 0 aliphatic heterocycles. The van der Waals surface area contributed by atoms with Crippen LogP contribution < -0.4 is 11.1 Å². The number of ether oxygens (including phenoxy) is 1. The van der Waals surface area contributed by atoms with Crippen LogP contribution >= 0.6 is 0 Å². The Bertz CT molecular complexity index is 610. The van der Waals surface area contributed by atoms with E-state index < -0.39 is 18.1 Å². The van der Waals surface area contributed by atoms with Crippen molar-refractivity contribution in [2.45, 2.75) is 83.5 Å². The minimum Gasteiger partial charge on any atom is -0.364 e. The van der Waals surface area contributed by atoms with Crippen molar-refractivity contribution >= 4 is 11.6 Å². The van der Waals surface area contributed by atoms with Crippen LogP contribution in [0.15, 0.2) is 24.3 Å². The van der Waals surface area contributed by atoms with Gasteiger partial charge in [-0.05, 0) is 38.3 Å². The van der Waals surface area contributed by atoms with Crippen LogP contribution in [-0.2, 0) is 15.5 Å². The van der Waals surface area contributed by atoms with Gasteiger partial charge in [0.1, 0.15) is 0 Å². The lowest BCUT2D eigenvalue weighted by Crippen LogP contribution is -2.47. The molecule has 1 aliphatic rings. The number of alkyl halides is 2. The first-order chi connectivity index (χ1) is 12.7. The minimum absolute atomic E-state index is 0.145. The molecule has 3 N–H and O–H groups in total. The van der Waals surface area contributed by atoms with Gasteiger partial charge in [-0.25, -0.2) is 8.78 Å². The summed E-state index contributed by atoms with van der Waals surface area (Å²) in [5, 5.41) is 2.70. The first kappa shape index (κ1) is 21.8. The fourth-order valence-electron chi connectivity index (χ4n) is 3.67. The van der Waals surface area contributed by atoms with E-state index >= 15 is 0 Å². The van der Waals surface area contributed by atoms with E-state index in [1.807, 2.05) is 13.8 Å². The zero-order valence-electron chi connectivity index (χ0n) is 16.5. The van der Waals surface area contributed by atoms with Gasteiger partial charge in [0.05, 0.1) is 6.10 Å². The highest BCUT2D eigenvalue weighted by atomic mass is 19.3.